The standard InChI is InChI=1S/C27H20N2O5/c1-2-16-33-24-11-7-6-10-20(24)17-23-25(30)28-27(32)29(26(23)31)21-12-14-22(15-13-21)34-18-19-8-4-3-5-9-19/h1,3-15,17H,16,18H2,(H,28,30,32)/b23-17+. The van der Waals surface area contributed by atoms with Gasteiger partial charge < -0.3 is 9.47 Å². The van der Waals surface area contributed by atoms with Crippen molar-refractivity contribution in [2.75, 3.05) is 11.5 Å². The number of carbonyl (C=O) groups is 3. The molecule has 7 heteroatoms. The van der Waals surface area contributed by atoms with Gasteiger partial charge in [-0.1, -0.05) is 54.5 Å². The molecule has 0 unspecified atom stereocenters. The molecule has 0 saturated carbocycles. The Hall–Kier alpha value is -4.83. The topological polar surface area (TPSA) is 84.9 Å². The highest BCUT2D eigenvalue weighted by Gasteiger charge is 2.37. The van der Waals surface area contributed by atoms with Crippen LogP contribution in [0, 0.1) is 12.3 Å². The van der Waals surface area contributed by atoms with Crippen molar-refractivity contribution in [3.63, 3.8) is 0 Å². The molecule has 0 aromatic heterocycles. The van der Waals surface area contributed by atoms with Crippen molar-refractivity contribution in [2.24, 2.45) is 0 Å². The predicted octanol–water partition coefficient (Wildman–Crippen LogP) is 3.94. The average molecular weight is 452 g/mol. The summed E-state index contributed by atoms with van der Waals surface area (Å²) in [4.78, 5) is 39.0. The Labute approximate surface area is 196 Å². The van der Waals surface area contributed by atoms with Crippen LogP contribution in [-0.4, -0.2) is 24.5 Å². The van der Waals surface area contributed by atoms with Crippen LogP contribution in [-0.2, 0) is 16.2 Å². The molecule has 0 radical (unpaired) electrons. The number of nitrogens with zero attached hydrogens (tertiary/aromatic N) is 1. The van der Waals surface area contributed by atoms with Crippen LogP contribution in [0.3, 0.4) is 0 Å². The smallest absolute Gasteiger partial charge is 0.335 e. The predicted molar refractivity (Wildman–Crippen MR) is 127 cm³/mol. The van der Waals surface area contributed by atoms with Gasteiger partial charge in [0.05, 0.1) is 5.69 Å². The molecule has 1 aliphatic rings. The SMILES string of the molecule is C#CCOc1ccccc1/C=C1\C(=O)NC(=O)N(c2ccc(OCc3ccccc3)cc2)C1=O. The lowest BCUT2D eigenvalue weighted by atomic mass is 10.1. The maximum atomic E-state index is 13.1. The minimum absolute atomic E-state index is 0.0314. The Morgan fingerprint density at radius 3 is 2.32 bits per heavy atom. The summed E-state index contributed by atoms with van der Waals surface area (Å²) in [5.41, 5.74) is 1.58. The van der Waals surface area contributed by atoms with E-state index in [0.29, 0.717) is 29.4 Å². The molecule has 0 spiro atoms. The van der Waals surface area contributed by atoms with Gasteiger partial charge in [0.25, 0.3) is 11.8 Å². The first-order chi connectivity index (χ1) is 16.6. The highest BCUT2D eigenvalue weighted by Crippen LogP contribution is 2.27. The first kappa shape index (κ1) is 22.4. The zero-order valence-corrected chi connectivity index (χ0v) is 18.1. The van der Waals surface area contributed by atoms with Crippen molar-refractivity contribution >= 4 is 29.6 Å². The normalized spacial score (nSPS) is 14.5. The van der Waals surface area contributed by atoms with Crippen molar-refractivity contribution in [2.45, 2.75) is 6.61 Å². The van der Waals surface area contributed by atoms with Crippen molar-refractivity contribution in [1.29, 1.82) is 0 Å². The number of imide groups is 2. The molecular weight excluding hydrogens is 432 g/mol. The summed E-state index contributed by atoms with van der Waals surface area (Å²) in [5, 5.41) is 2.21. The molecule has 34 heavy (non-hydrogen) atoms. The van der Waals surface area contributed by atoms with Gasteiger partial charge in [0, 0.05) is 5.56 Å². The fourth-order valence-electron chi connectivity index (χ4n) is 3.33. The number of ether oxygens (including phenoxy) is 2. The first-order valence-electron chi connectivity index (χ1n) is 10.4. The van der Waals surface area contributed by atoms with E-state index in [0.717, 1.165) is 10.5 Å². The second-order valence-electron chi connectivity index (χ2n) is 7.26. The van der Waals surface area contributed by atoms with Crippen LogP contribution >= 0.6 is 0 Å². The number of rotatable bonds is 7. The van der Waals surface area contributed by atoms with Crippen LogP contribution in [0.4, 0.5) is 10.5 Å². The van der Waals surface area contributed by atoms with E-state index in [4.69, 9.17) is 15.9 Å². The second kappa shape index (κ2) is 10.2. The van der Waals surface area contributed by atoms with Crippen LogP contribution in [0.5, 0.6) is 11.5 Å². The lowest BCUT2D eigenvalue weighted by Gasteiger charge is -2.26. The highest BCUT2D eigenvalue weighted by atomic mass is 16.5. The minimum atomic E-state index is -0.832. The van der Waals surface area contributed by atoms with Gasteiger partial charge in [0.15, 0.2) is 0 Å². The fourth-order valence-corrected chi connectivity index (χ4v) is 3.33. The van der Waals surface area contributed by atoms with Crippen LogP contribution in [0.1, 0.15) is 11.1 Å². The van der Waals surface area contributed by atoms with Crippen LogP contribution in [0.15, 0.2) is 84.4 Å². The van der Waals surface area contributed by atoms with Crippen molar-refractivity contribution in [3.8, 4) is 23.8 Å². The van der Waals surface area contributed by atoms with Gasteiger partial charge >= 0.3 is 6.03 Å². The molecule has 0 bridgehead atoms. The van der Waals surface area contributed by atoms with Crippen molar-refractivity contribution < 1.29 is 23.9 Å². The van der Waals surface area contributed by atoms with Crippen molar-refractivity contribution in [1.82, 2.24) is 5.32 Å². The molecule has 3 aromatic rings. The van der Waals surface area contributed by atoms with Gasteiger partial charge in [-0.25, -0.2) is 9.69 Å². The number of carbonyl (C=O) groups excluding carboxylic acids is 3. The molecule has 7 nitrogen and oxygen atoms in total. The number of anilines is 1. The monoisotopic (exact) mass is 452 g/mol. The highest BCUT2D eigenvalue weighted by molar-refractivity contribution is 6.39. The summed E-state index contributed by atoms with van der Waals surface area (Å²) < 4.78 is 11.2. The fraction of sp³-hybridized carbons (Fsp3) is 0.0741. The molecule has 1 saturated heterocycles. The van der Waals surface area contributed by atoms with Gasteiger partial charge in [-0.2, -0.15) is 0 Å². The first-order valence-corrected chi connectivity index (χ1v) is 10.4. The molecular formula is C27H20N2O5. The Kier molecular flexibility index (Phi) is 6.70. The molecule has 1 aliphatic heterocycles. The molecule has 1 fully saturated rings. The number of hydrogen-bond acceptors (Lipinski definition) is 5. The number of amides is 4. The summed E-state index contributed by atoms with van der Waals surface area (Å²) in [5.74, 6) is 1.81. The third kappa shape index (κ3) is 4.97. The number of nitrogens with one attached hydrogen (secondary N) is 1. The minimum Gasteiger partial charge on any atom is -0.489 e. The van der Waals surface area contributed by atoms with E-state index >= 15 is 0 Å². The molecule has 0 atom stereocenters. The molecule has 4 amide bonds. The van der Waals surface area contributed by atoms with E-state index < -0.39 is 17.8 Å². The third-order valence-electron chi connectivity index (χ3n) is 4.97. The zero-order valence-electron chi connectivity index (χ0n) is 18.1. The van der Waals surface area contributed by atoms with Crippen molar-refractivity contribution in [3.05, 3.63) is 95.6 Å². The molecule has 0 aliphatic carbocycles. The van der Waals surface area contributed by atoms with E-state index in [1.165, 1.54) is 6.08 Å². The number of urea groups is 1. The summed E-state index contributed by atoms with van der Waals surface area (Å²) in [6.45, 7) is 0.412. The quantitative estimate of drug-likeness (QED) is 0.333. The average Bonchev–Trinajstić information content (AvgIpc) is 2.86. The number of hydrogen-bond donors (Lipinski definition) is 1. The van der Waals surface area contributed by atoms with E-state index in [2.05, 4.69) is 11.2 Å². The Morgan fingerprint density at radius 2 is 1.59 bits per heavy atom. The van der Waals surface area contributed by atoms with Gasteiger partial charge in [-0.3, -0.25) is 14.9 Å². The number of barbiturate groups is 1. The zero-order chi connectivity index (χ0) is 23.9. The van der Waals surface area contributed by atoms with Crippen LogP contribution in [0.2, 0.25) is 0 Å². The maximum absolute atomic E-state index is 13.1. The van der Waals surface area contributed by atoms with Gasteiger partial charge in [0.2, 0.25) is 0 Å². The van der Waals surface area contributed by atoms with E-state index in [1.807, 2.05) is 30.3 Å². The van der Waals surface area contributed by atoms with E-state index in [-0.39, 0.29) is 12.2 Å². The molecule has 168 valence electrons. The largest absolute Gasteiger partial charge is 0.489 e. The van der Waals surface area contributed by atoms with Gasteiger partial charge in [-0.05, 0) is 42.0 Å². The lowest BCUT2D eigenvalue weighted by Crippen LogP contribution is -2.54. The number of para-hydroxylation sites is 1. The lowest BCUT2D eigenvalue weighted by molar-refractivity contribution is -0.122. The van der Waals surface area contributed by atoms with Gasteiger partial charge in [-0.15, -0.1) is 6.42 Å². The summed E-state index contributed by atoms with van der Waals surface area (Å²) in [6.07, 6.45) is 6.63. The molecule has 3 aromatic carbocycles. The number of terminal acetylenes is 1. The Bertz CT molecular complexity index is 1290. The molecule has 1 N–H and O–H groups in total. The third-order valence-corrected chi connectivity index (χ3v) is 4.97. The number of benzene rings is 3. The van der Waals surface area contributed by atoms with Crippen LogP contribution < -0.4 is 19.7 Å². The molecule has 1 heterocycles. The van der Waals surface area contributed by atoms with Crippen LogP contribution in [0.25, 0.3) is 6.08 Å². The summed E-state index contributed by atoms with van der Waals surface area (Å²) >= 11 is 0. The Morgan fingerprint density at radius 1 is 0.882 bits per heavy atom. The van der Waals surface area contributed by atoms with E-state index in [9.17, 15) is 14.4 Å². The second-order valence-corrected chi connectivity index (χ2v) is 7.26. The maximum Gasteiger partial charge on any atom is 0.335 e. The molecule has 4 rings (SSSR count). The van der Waals surface area contributed by atoms with Gasteiger partial charge in [0.1, 0.15) is 30.3 Å². The van der Waals surface area contributed by atoms with E-state index in [1.54, 1.807) is 48.5 Å². The summed E-state index contributed by atoms with van der Waals surface area (Å²) in [6, 6.07) is 22.1. The summed E-state index contributed by atoms with van der Waals surface area (Å²) in [7, 11) is 0. The Balaban J connectivity index is 1.55.